The van der Waals surface area contributed by atoms with Crippen LogP contribution in [-0.4, -0.2) is 96.1 Å². The predicted octanol–water partition coefficient (Wildman–Crippen LogP) is 21.1. The van der Waals surface area contributed by atoms with Gasteiger partial charge in [-0.15, -0.1) is 0 Å². The number of fused-ring (bicyclic) bond motifs is 4. The van der Waals surface area contributed by atoms with Crippen LogP contribution in [0.15, 0.2) is 308 Å². The van der Waals surface area contributed by atoms with Crippen molar-refractivity contribution in [2.75, 3.05) is 39.9 Å². The van der Waals surface area contributed by atoms with Crippen LogP contribution in [-0.2, 0) is 63.0 Å². The number of ether oxygens (including phenoxy) is 1. The van der Waals surface area contributed by atoms with Crippen LogP contribution in [0, 0.1) is 44.7 Å². The molecule has 4 unspecified atom stereocenters. The van der Waals surface area contributed by atoms with Crippen LogP contribution in [0.5, 0.6) is 5.75 Å². The van der Waals surface area contributed by atoms with Gasteiger partial charge in [0.2, 0.25) is 30.1 Å². The first-order chi connectivity index (χ1) is 60.9. The zero-order valence-corrected chi connectivity index (χ0v) is 77.9. The molecule has 0 amide bonds. The van der Waals surface area contributed by atoms with Gasteiger partial charge in [0.05, 0.1) is 53.8 Å². The summed E-state index contributed by atoms with van der Waals surface area (Å²) in [6.45, 7) is 17.3. The van der Waals surface area contributed by atoms with E-state index in [9.17, 15) is 57.0 Å². The van der Waals surface area contributed by atoms with E-state index in [0.717, 1.165) is 80.0 Å². The Labute approximate surface area is 759 Å². The molecular weight excluding hydrogens is 1760 g/mol. The summed E-state index contributed by atoms with van der Waals surface area (Å²) in [5.74, 6) is 0.949. The van der Waals surface area contributed by atoms with Gasteiger partial charge in [-0.05, 0) is 260 Å². The fourth-order valence-corrected chi connectivity index (χ4v) is 22.1. The van der Waals surface area contributed by atoms with E-state index in [1.54, 1.807) is 102 Å². The molecule has 0 saturated carbocycles. The number of nitrogens with zero attached hydrogens (tertiary/aromatic N) is 2. The molecular formula is C97H103Cl2N9O15S5. The number of aryl methyl sites for hydroxylation is 6. The van der Waals surface area contributed by atoms with Crippen molar-refractivity contribution in [2.24, 2.45) is 0 Å². The third-order valence-electron chi connectivity index (χ3n) is 21.2. The first kappa shape index (κ1) is 96.9. The number of anilines is 4. The third-order valence-corrected chi connectivity index (χ3v) is 29.8. The topological polar surface area (TPSA) is 344 Å². The van der Waals surface area contributed by atoms with Crippen LogP contribution in [0.2, 0.25) is 10.0 Å². The second-order valence-electron chi connectivity index (χ2n) is 31.0. The number of hydrogen-bond acceptors (Lipinski definition) is 17. The van der Waals surface area contributed by atoms with E-state index in [2.05, 4.69) is 59.6 Å². The predicted molar refractivity (Wildman–Crippen MR) is 512 cm³/mol. The molecule has 0 fully saturated rings. The van der Waals surface area contributed by atoms with E-state index in [-0.39, 0.29) is 61.9 Å². The van der Waals surface area contributed by atoms with Gasteiger partial charge < -0.3 is 24.8 Å². The quantitative estimate of drug-likeness (QED) is 0.00991. The Morgan fingerprint density at radius 3 is 1.87 bits per heavy atom. The van der Waals surface area contributed by atoms with Gasteiger partial charge in [-0.1, -0.05) is 181 Å². The highest BCUT2D eigenvalue weighted by atomic mass is 35.5. The number of methoxy groups -OCH3 is 1. The van der Waals surface area contributed by atoms with Gasteiger partial charge >= 0.3 is 0 Å². The van der Waals surface area contributed by atoms with Crippen LogP contribution < -0.4 is 38.6 Å². The average molecular weight is 1870 g/mol. The van der Waals surface area contributed by atoms with E-state index >= 15 is 0 Å². The van der Waals surface area contributed by atoms with E-state index in [1.807, 2.05) is 187 Å². The molecule has 4 atom stereocenters. The molecule has 12 aromatic carbocycles. The summed E-state index contributed by atoms with van der Waals surface area (Å²) < 4.78 is 151. The summed E-state index contributed by atoms with van der Waals surface area (Å²) in [6.07, 6.45) is 6.10. The van der Waals surface area contributed by atoms with Crippen molar-refractivity contribution in [2.45, 2.75) is 149 Å². The minimum absolute atomic E-state index is 0.111. The Morgan fingerprint density at radius 2 is 1.20 bits per heavy atom. The molecule has 14 aromatic rings. The highest BCUT2D eigenvalue weighted by Crippen LogP contribution is 2.43. The van der Waals surface area contributed by atoms with Crippen molar-refractivity contribution in [3.05, 3.63) is 350 Å². The number of sulfonamides is 5. The second-order valence-corrected chi connectivity index (χ2v) is 40.5. The Kier molecular flexibility index (Phi) is 32.8. The number of benzene rings is 12. The van der Waals surface area contributed by atoms with Gasteiger partial charge in [-0.3, -0.25) is 23.9 Å². The van der Waals surface area contributed by atoms with Gasteiger partial charge in [-0.25, -0.2) is 56.3 Å². The van der Waals surface area contributed by atoms with E-state index in [4.69, 9.17) is 32.4 Å². The summed E-state index contributed by atoms with van der Waals surface area (Å²) in [7, 11) is -16.7. The largest absolute Gasteiger partial charge is 0.497 e. The van der Waals surface area contributed by atoms with Gasteiger partial charge in [-0.2, -0.15) is 0 Å². The van der Waals surface area contributed by atoms with Crippen LogP contribution in [0.1, 0.15) is 114 Å². The van der Waals surface area contributed by atoms with E-state index in [0.29, 0.717) is 85.7 Å². The molecule has 0 spiro atoms. The number of furan rings is 1. The summed E-state index contributed by atoms with van der Waals surface area (Å²) in [5.41, 5.74) is 11.3. The average Bonchev–Trinajstić information content (AvgIpc) is 1.19. The zero-order chi connectivity index (χ0) is 92.3. The number of H-pyrrole nitrogens is 1. The maximum Gasteiger partial charge on any atom is 0.293 e. The number of halogens is 2. The minimum Gasteiger partial charge on any atom is -0.497 e. The summed E-state index contributed by atoms with van der Waals surface area (Å²) >= 11 is 11.8. The van der Waals surface area contributed by atoms with Crippen LogP contribution in [0.3, 0.4) is 0 Å². The third kappa shape index (κ3) is 25.4. The van der Waals surface area contributed by atoms with E-state index < -0.39 is 55.0 Å². The normalized spacial score (nSPS) is 13.7. The fraction of sp³-hybridized carbons (Fsp3) is 0.227. The van der Waals surface area contributed by atoms with Gasteiger partial charge in [0, 0.05) is 81.2 Å². The molecule has 0 radical (unpaired) electrons. The molecule has 15 rings (SSSR count). The molecule has 128 heavy (non-hydrogen) atoms. The number of aromatic amines is 1. The first-order valence-electron chi connectivity index (χ1n) is 41.3. The standard InChI is InChI=1S/C22H21ClN2O2S.C19H18ClN3O4S.C19H22N2O2S.C19H25NO2S.C18H17NO5S/c1-16-15-22(20-9-5-6-10-21(20)24-16)25(18-7-3-2-4-8-18)28(26,27)19-13-11-17(23)12-14-19;20-16-7-9-18(19(13-16)23(24)25)21-10-3-11-22-28(26,27)17-8-6-14-4-1-2-5-15(14)12-17;1-3-16(12-15-13-20-19-7-5-4-6-18(15)19)21-24(22,23)17-10-8-14(2)9-11-17;1-14-12-15(2)19(16(3)13-14)23(21,22)20-17(4)10-11-18-8-6-5-7-9-18;1-11(20)18-12(2)24-17-9-4-13(10-16(17)18)19-25(21,22)15-7-5-14(23-3)6-8-15/h2-14,16,22,24H,15H2,1H3;1-2,4-9,12-13,21-22H,3,10-11H2;4-11,13,16,20-21H,3,12H2,1-2H3;5-9,12-13,17,20H,10-11H2,1-4H3;4-10,19H,1-3H3. The number of rotatable bonds is 29. The number of carbonyl (C=O) groups is 1. The lowest BCUT2D eigenvalue weighted by molar-refractivity contribution is -0.383. The lowest BCUT2D eigenvalue weighted by atomic mass is 9.93. The first-order valence-corrected chi connectivity index (χ1v) is 49.4. The molecule has 31 heteroatoms. The molecule has 3 heterocycles. The Morgan fingerprint density at radius 1 is 0.602 bits per heavy atom. The number of aromatic nitrogens is 1. The Bertz CT molecular complexity index is 6820. The fourth-order valence-electron chi connectivity index (χ4n) is 15.0. The molecule has 0 aliphatic carbocycles. The minimum atomic E-state index is -3.79. The number of Topliss-reactive ketones (excluding diaryl/α,β-unsaturated/α-hetero) is 1. The lowest BCUT2D eigenvalue weighted by Gasteiger charge is -2.39. The molecule has 1 aliphatic rings. The monoisotopic (exact) mass is 1860 g/mol. The number of para-hydroxylation sites is 3. The molecule has 670 valence electrons. The van der Waals surface area contributed by atoms with Crippen molar-refractivity contribution in [1.29, 1.82) is 0 Å². The molecule has 7 N–H and O–H groups in total. The number of ketones is 1. The van der Waals surface area contributed by atoms with Crippen LogP contribution in [0.25, 0.3) is 32.6 Å². The number of nitrogens with one attached hydrogen (secondary N) is 7. The van der Waals surface area contributed by atoms with Crippen molar-refractivity contribution in [1.82, 2.24) is 19.2 Å². The maximum absolute atomic E-state index is 13.7. The highest BCUT2D eigenvalue weighted by molar-refractivity contribution is 7.93. The van der Waals surface area contributed by atoms with Crippen molar-refractivity contribution in [3.63, 3.8) is 0 Å². The Hall–Kier alpha value is -11.7. The summed E-state index contributed by atoms with van der Waals surface area (Å²) in [5, 5.41) is 21.8. The number of carbonyl (C=O) groups excluding carboxylic acids is 1. The summed E-state index contributed by atoms with van der Waals surface area (Å²) in [6, 6.07) is 79.8. The van der Waals surface area contributed by atoms with Gasteiger partial charge in [0.1, 0.15) is 22.8 Å². The zero-order valence-electron chi connectivity index (χ0n) is 72.3. The lowest BCUT2D eigenvalue weighted by Crippen LogP contribution is -2.40. The molecule has 0 bridgehead atoms. The van der Waals surface area contributed by atoms with Crippen molar-refractivity contribution >= 4 is 140 Å². The summed E-state index contributed by atoms with van der Waals surface area (Å²) in [4.78, 5) is 26.9. The molecule has 0 saturated heterocycles. The van der Waals surface area contributed by atoms with Gasteiger partial charge in [0.15, 0.2) is 5.78 Å². The van der Waals surface area contributed by atoms with Crippen molar-refractivity contribution < 1.29 is 61.0 Å². The Balaban J connectivity index is 0.000000155. The van der Waals surface area contributed by atoms with E-state index in [1.165, 1.54) is 43.9 Å². The molecule has 1 aliphatic heterocycles. The smallest absolute Gasteiger partial charge is 0.293 e. The molecule has 24 nitrogen and oxygen atoms in total. The van der Waals surface area contributed by atoms with Gasteiger partial charge in [0.25, 0.3) is 25.7 Å². The number of nitro groups is 1. The second kappa shape index (κ2) is 43.4. The van der Waals surface area contributed by atoms with Crippen LogP contribution in [0.4, 0.5) is 28.4 Å². The van der Waals surface area contributed by atoms with Crippen molar-refractivity contribution in [3.8, 4) is 5.75 Å². The molecule has 2 aromatic heterocycles. The SMILES string of the molecule is CC1CC(N(c2ccccc2)S(=O)(=O)c2ccc(Cl)cc2)c2ccccc2N1.CCC(Cc1c[nH]c2ccccc12)NS(=O)(=O)c1ccc(C)cc1.COc1ccc(S(=O)(=O)Nc2ccc3oc(C)c(C(C)=O)c3c2)cc1.Cc1cc(C)c(S(=O)(=O)NC(C)CCc2ccccc2)c(C)c1.O=[N+]([O-])c1cc(Cl)ccc1NCCCNS(=O)(=O)c1ccc2ccccc2c1. The maximum atomic E-state index is 13.7. The number of hydrogen-bond donors (Lipinski definition) is 7. The van der Waals surface area contributed by atoms with Crippen LogP contribution >= 0.6 is 23.2 Å². The highest BCUT2D eigenvalue weighted by Gasteiger charge is 2.37. The number of nitro benzene ring substituents is 1.